The molecule has 3 nitrogen and oxygen atoms in total. The fraction of sp³-hybridized carbons (Fsp3) is 0.0833. The average molecular weight is 234 g/mol. The monoisotopic (exact) mass is 233 g/mol. The molecule has 0 unspecified atom stereocenters. The Balaban J connectivity index is 2.02. The molecular weight excluding hydrogens is 222 g/mol. The van der Waals surface area contributed by atoms with Crippen molar-refractivity contribution in [3.8, 4) is 0 Å². The van der Waals surface area contributed by atoms with Crippen LogP contribution in [0.2, 0.25) is 5.02 Å². The lowest BCUT2D eigenvalue weighted by molar-refractivity contribution is 1.11. The Morgan fingerprint density at radius 3 is 2.75 bits per heavy atom. The molecule has 0 aliphatic rings. The minimum Gasteiger partial charge on any atom is -0.384 e. The highest BCUT2D eigenvalue weighted by atomic mass is 35.5. The van der Waals surface area contributed by atoms with Gasteiger partial charge in [-0.15, -0.1) is 0 Å². The summed E-state index contributed by atoms with van der Waals surface area (Å²) in [5, 5.41) is 3.92. The van der Waals surface area contributed by atoms with Crippen LogP contribution in [0.1, 0.15) is 5.56 Å². The Kier molecular flexibility index (Phi) is 3.27. The minimum atomic E-state index is 0.510. The summed E-state index contributed by atoms with van der Waals surface area (Å²) in [6.07, 6.45) is 0. The van der Waals surface area contributed by atoms with Gasteiger partial charge in [0.1, 0.15) is 11.6 Å². The number of hydrogen-bond donors (Lipinski definition) is 2. The normalized spacial score (nSPS) is 10.1. The first-order valence-electron chi connectivity index (χ1n) is 4.95. The topological polar surface area (TPSA) is 50.9 Å². The number of nitrogens with one attached hydrogen (secondary N) is 1. The number of nitrogens with two attached hydrogens (primary N) is 1. The molecule has 0 saturated carbocycles. The van der Waals surface area contributed by atoms with E-state index in [9.17, 15) is 0 Å². The number of nitrogens with zero attached hydrogens (tertiary/aromatic N) is 1. The molecule has 4 heteroatoms. The molecule has 0 radical (unpaired) electrons. The van der Waals surface area contributed by atoms with Gasteiger partial charge in [-0.3, -0.25) is 0 Å². The van der Waals surface area contributed by atoms with Crippen LogP contribution in [0.5, 0.6) is 0 Å². The highest BCUT2D eigenvalue weighted by Crippen LogP contribution is 2.12. The Morgan fingerprint density at radius 1 is 1.19 bits per heavy atom. The van der Waals surface area contributed by atoms with Crippen molar-refractivity contribution in [1.29, 1.82) is 0 Å². The fourth-order valence-electron chi connectivity index (χ4n) is 1.39. The third-order valence-corrected chi connectivity index (χ3v) is 2.37. The van der Waals surface area contributed by atoms with Crippen molar-refractivity contribution in [2.75, 3.05) is 11.1 Å². The Morgan fingerprint density at radius 2 is 2.00 bits per heavy atom. The Labute approximate surface area is 99.3 Å². The molecule has 82 valence electrons. The summed E-state index contributed by atoms with van der Waals surface area (Å²) >= 11 is 5.89. The molecule has 0 saturated heterocycles. The first kappa shape index (κ1) is 10.8. The van der Waals surface area contributed by atoms with Gasteiger partial charge in [0.25, 0.3) is 0 Å². The van der Waals surface area contributed by atoms with Crippen LogP contribution in [-0.2, 0) is 6.54 Å². The third-order valence-electron chi connectivity index (χ3n) is 2.13. The highest BCUT2D eigenvalue weighted by molar-refractivity contribution is 6.30. The van der Waals surface area contributed by atoms with Crippen LogP contribution in [0.3, 0.4) is 0 Å². The smallest absolute Gasteiger partial charge is 0.128 e. The molecule has 0 fully saturated rings. The molecule has 16 heavy (non-hydrogen) atoms. The summed E-state index contributed by atoms with van der Waals surface area (Å²) in [5.74, 6) is 1.27. The summed E-state index contributed by atoms with van der Waals surface area (Å²) in [5.41, 5.74) is 6.69. The number of halogens is 1. The van der Waals surface area contributed by atoms with Crippen molar-refractivity contribution in [3.63, 3.8) is 0 Å². The van der Waals surface area contributed by atoms with Crippen molar-refractivity contribution in [3.05, 3.63) is 53.1 Å². The van der Waals surface area contributed by atoms with E-state index < -0.39 is 0 Å². The zero-order valence-electron chi connectivity index (χ0n) is 8.65. The summed E-state index contributed by atoms with van der Waals surface area (Å²) in [4.78, 5) is 4.14. The van der Waals surface area contributed by atoms with Crippen molar-refractivity contribution in [2.45, 2.75) is 6.54 Å². The minimum absolute atomic E-state index is 0.510. The van der Waals surface area contributed by atoms with Crippen LogP contribution >= 0.6 is 11.6 Å². The summed E-state index contributed by atoms with van der Waals surface area (Å²) < 4.78 is 0. The lowest BCUT2D eigenvalue weighted by atomic mass is 10.2. The van der Waals surface area contributed by atoms with Crippen molar-refractivity contribution < 1.29 is 0 Å². The van der Waals surface area contributed by atoms with Crippen LogP contribution < -0.4 is 11.1 Å². The van der Waals surface area contributed by atoms with E-state index in [0.29, 0.717) is 12.4 Å². The van der Waals surface area contributed by atoms with Gasteiger partial charge < -0.3 is 11.1 Å². The van der Waals surface area contributed by atoms with Gasteiger partial charge in [0.05, 0.1) is 0 Å². The molecule has 1 aromatic heterocycles. The molecule has 0 spiro atoms. The van der Waals surface area contributed by atoms with Crippen LogP contribution in [0.15, 0.2) is 42.5 Å². The molecular formula is C12H12ClN3. The lowest BCUT2D eigenvalue weighted by Crippen LogP contribution is -2.02. The van der Waals surface area contributed by atoms with E-state index in [0.717, 1.165) is 16.4 Å². The maximum Gasteiger partial charge on any atom is 0.128 e. The standard InChI is InChI=1S/C12H12ClN3/c13-10-4-1-3-9(7-10)8-15-12-6-2-5-11(14)16-12/h1-7H,8H2,(H3,14,15,16). The second kappa shape index (κ2) is 4.86. The number of pyridine rings is 1. The average Bonchev–Trinajstić information content (AvgIpc) is 2.27. The molecule has 0 aliphatic heterocycles. The zero-order chi connectivity index (χ0) is 11.4. The fourth-order valence-corrected chi connectivity index (χ4v) is 1.60. The van der Waals surface area contributed by atoms with Gasteiger partial charge in [0, 0.05) is 11.6 Å². The molecule has 0 atom stereocenters. The van der Waals surface area contributed by atoms with E-state index in [-0.39, 0.29) is 0 Å². The highest BCUT2D eigenvalue weighted by Gasteiger charge is 1.96. The van der Waals surface area contributed by atoms with Crippen LogP contribution in [-0.4, -0.2) is 4.98 Å². The summed E-state index contributed by atoms with van der Waals surface area (Å²) in [6.45, 7) is 0.678. The number of rotatable bonds is 3. The zero-order valence-corrected chi connectivity index (χ0v) is 9.41. The third kappa shape index (κ3) is 2.87. The van der Waals surface area contributed by atoms with Gasteiger partial charge >= 0.3 is 0 Å². The molecule has 0 amide bonds. The van der Waals surface area contributed by atoms with Gasteiger partial charge in [-0.05, 0) is 29.8 Å². The van der Waals surface area contributed by atoms with E-state index in [2.05, 4.69) is 10.3 Å². The molecule has 3 N–H and O–H groups in total. The molecule has 2 aromatic rings. The first-order chi connectivity index (χ1) is 7.74. The van der Waals surface area contributed by atoms with Crippen LogP contribution in [0, 0.1) is 0 Å². The van der Waals surface area contributed by atoms with Crippen molar-refractivity contribution >= 4 is 23.2 Å². The van der Waals surface area contributed by atoms with Gasteiger partial charge in [0.2, 0.25) is 0 Å². The number of anilines is 2. The predicted octanol–water partition coefficient (Wildman–Crippen LogP) is 2.93. The lowest BCUT2D eigenvalue weighted by Gasteiger charge is -2.06. The number of aromatic nitrogens is 1. The number of nitrogen functional groups attached to an aromatic ring is 1. The molecule has 1 heterocycles. The molecule has 1 aromatic carbocycles. The molecule has 0 bridgehead atoms. The van der Waals surface area contributed by atoms with Gasteiger partial charge in [-0.25, -0.2) is 4.98 Å². The van der Waals surface area contributed by atoms with Gasteiger partial charge in [0.15, 0.2) is 0 Å². The maximum absolute atomic E-state index is 5.89. The van der Waals surface area contributed by atoms with E-state index >= 15 is 0 Å². The van der Waals surface area contributed by atoms with E-state index in [1.165, 1.54) is 0 Å². The van der Waals surface area contributed by atoms with Crippen molar-refractivity contribution in [2.24, 2.45) is 0 Å². The van der Waals surface area contributed by atoms with Gasteiger partial charge in [-0.2, -0.15) is 0 Å². The Hall–Kier alpha value is -1.74. The van der Waals surface area contributed by atoms with Gasteiger partial charge in [-0.1, -0.05) is 29.8 Å². The quantitative estimate of drug-likeness (QED) is 0.857. The predicted molar refractivity (Wildman–Crippen MR) is 67.4 cm³/mol. The Bertz CT molecular complexity index is 440. The summed E-state index contributed by atoms with van der Waals surface area (Å²) in [6, 6.07) is 13.2. The van der Waals surface area contributed by atoms with Crippen molar-refractivity contribution in [1.82, 2.24) is 4.98 Å². The maximum atomic E-state index is 5.89. The van der Waals surface area contributed by atoms with E-state index in [1.54, 1.807) is 6.07 Å². The number of hydrogen-bond acceptors (Lipinski definition) is 3. The number of benzene rings is 1. The van der Waals surface area contributed by atoms with E-state index in [4.69, 9.17) is 17.3 Å². The largest absolute Gasteiger partial charge is 0.384 e. The SMILES string of the molecule is Nc1cccc(NCc2cccc(Cl)c2)n1. The van der Waals surface area contributed by atoms with Crippen LogP contribution in [0.25, 0.3) is 0 Å². The molecule has 2 rings (SSSR count). The molecule has 0 aliphatic carbocycles. The summed E-state index contributed by atoms with van der Waals surface area (Å²) in [7, 11) is 0. The van der Waals surface area contributed by atoms with E-state index in [1.807, 2.05) is 36.4 Å². The van der Waals surface area contributed by atoms with Crippen LogP contribution in [0.4, 0.5) is 11.6 Å². The second-order valence-corrected chi connectivity index (χ2v) is 3.87. The first-order valence-corrected chi connectivity index (χ1v) is 5.33. The second-order valence-electron chi connectivity index (χ2n) is 3.43.